The van der Waals surface area contributed by atoms with Crippen LogP contribution in [0.2, 0.25) is 0 Å². The first-order valence-electron chi connectivity index (χ1n) is 8.82. The maximum Gasteiger partial charge on any atom is 0.583 e. The minimum Gasteiger partial charge on any atom is -0.251 e. The van der Waals surface area contributed by atoms with Gasteiger partial charge in [-0.1, -0.05) is 9.13 Å². The Morgan fingerprint density at radius 2 is 1.66 bits per heavy atom. The van der Waals surface area contributed by atoms with Crippen LogP contribution in [-0.4, -0.2) is 29.5 Å². The maximum atomic E-state index is 13.5. The highest BCUT2D eigenvalue weighted by molar-refractivity contribution is 5.57. The van der Waals surface area contributed by atoms with Gasteiger partial charge in [0, 0.05) is 6.07 Å². The van der Waals surface area contributed by atoms with Gasteiger partial charge in [0.2, 0.25) is 6.20 Å². The summed E-state index contributed by atoms with van der Waals surface area (Å²) in [6.07, 6.45) is 3.76. The molecule has 0 radical (unpaired) electrons. The molecule has 1 unspecified atom stereocenters. The second-order valence-corrected chi connectivity index (χ2v) is 7.12. The molecular formula is C18H13F3N8+2. The molecule has 2 aliphatic rings. The molecule has 0 aliphatic carbocycles. The molecule has 0 saturated carbocycles. The molecule has 0 saturated heterocycles. The van der Waals surface area contributed by atoms with Crippen molar-refractivity contribution in [2.75, 3.05) is 0 Å². The summed E-state index contributed by atoms with van der Waals surface area (Å²) in [5.41, 5.74) is 2.75. The Hall–Kier alpha value is -3.63. The number of rotatable bonds is 0. The van der Waals surface area contributed by atoms with Crippen molar-refractivity contribution in [1.82, 2.24) is 29.5 Å². The number of aryl methyl sites for hydroxylation is 2. The van der Waals surface area contributed by atoms with Crippen LogP contribution in [0.15, 0.2) is 43.1 Å². The summed E-state index contributed by atoms with van der Waals surface area (Å²) >= 11 is 0. The van der Waals surface area contributed by atoms with Crippen LogP contribution in [0.4, 0.5) is 13.2 Å². The van der Waals surface area contributed by atoms with E-state index in [0.717, 1.165) is 23.1 Å². The Morgan fingerprint density at radius 1 is 0.931 bits per heavy atom. The largest absolute Gasteiger partial charge is 0.583 e. The monoisotopic (exact) mass is 398 g/mol. The second-order valence-electron chi connectivity index (χ2n) is 7.12. The van der Waals surface area contributed by atoms with Crippen molar-refractivity contribution < 1.29 is 22.3 Å². The van der Waals surface area contributed by atoms with Crippen molar-refractivity contribution >= 4 is 0 Å². The molecule has 29 heavy (non-hydrogen) atoms. The van der Waals surface area contributed by atoms with Crippen LogP contribution in [0.3, 0.4) is 0 Å². The zero-order valence-electron chi connectivity index (χ0n) is 15.3. The lowest BCUT2D eigenvalue weighted by Gasteiger charge is -2.16. The molecule has 0 N–H and O–H groups in total. The minimum absolute atomic E-state index is 0.305. The molecule has 4 aromatic rings. The number of hydrogen-bond acceptors (Lipinski definition) is 4. The Labute approximate surface area is 161 Å². The van der Waals surface area contributed by atoms with Gasteiger partial charge in [-0.05, 0) is 19.9 Å². The molecule has 8 nitrogen and oxygen atoms in total. The number of nitrogens with zero attached hydrogens (tertiary/aromatic N) is 8. The highest BCUT2D eigenvalue weighted by Gasteiger charge is 2.70. The van der Waals surface area contributed by atoms with Gasteiger partial charge in [-0.15, -0.1) is 9.36 Å². The number of halogens is 3. The predicted molar refractivity (Wildman–Crippen MR) is 90.0 cm³/mol. The molecule has 6 heterocycles. The lowest BCUT2D eigenvalue weighted by atomic mass is 10.3. The van der Waals surface area contributed by atoms with E-state index in [2.05, 4.69) is 20.2 Å². The average Bonchev–Trinajstić information content (AvgIpc) is 3.37. The van der Waals surface area contributed by atoms with Crippen molar-refractivity contribution in [1.29, 1.82) is 0 Å². The van der Waals surface area contributed by atoms with Crippen molar-refractivity contribution in [3.63, 3.8) is 0 Å². The Bertz CT molecular complexity index is 1340. The third-order valence-corrected chi connectivity index (χ3v) is 5.30. The molecule has 11 heteroatoms. The van der Waals surface area contributed by atoms with Crippen molar-refractivity contribution in [2.24, 2.45) is 0 Å². The van der Waals surface area contributed by atoms with E-state index >= 15 is 0 Å². The average molecular weight is 398 g/mol. The summed E-state index contributed by atoms with van der Waals surface area (Å²) in [6.45, 7) is 3.66. The van der Waals surface area contributed by atoms with Crippen LogP contribution in [0, 0.1) is 13.8 Å². The number of hydrogen-bond donors (Lipinski definition) is 0. The van der Waals surface area contributed by atoms with E-state index in [0.29, 0.717) is 17.1 Å². The van der Waals surface area contributed by atoms with Crippen LogP contribution < -0.4 is 9.13 Å². The van der Waals surface area contributed by atoms with E-state index < -0.39 is 17.8 Å². The fourth-order valence-electron chi connectivity index (χ4n) is 4.22. The molecule has 0 aromatic carbocycles. The summed E-state index contributed by atoms with van der Waals surface area (Å²) in [7, 11) is 0. The topological polar surface area (TPSA) is 69.2 Å². The van der Waals surface area contributed by atoms with Crippen LogP contribution in [0.1, 0.15) is 17.1 Å². The van der Waals surface area contributed by atoms with Crippen molar-refractivity contribution in [3.05, 3.63) is 60.2 Å². The summed E-state index contributed by atoms with van der Waals surface area (Å²) in [5, 5.41) is 8.61. The lowest BCUT2D eigenvalue weighted by molar-refractivity contribution is -0.991. The Balaban J connectivity index is 1.81. The van der Waals surface area contributed by atoms with Crippen molar-refractivity contribution in [3.8, 4) is 22.8 Å². The minimum atomic E-state index is -4.57. The van der Waals surface area contributed by atoms with E-state index in [4.69, 9.17) is 0 Å². The SMILES string of the molecule is Cc1c[n+]2c(cn1)-c1cc(C)nn1C21n2nc(C(F)(F)F)cc2-c2cncc[n+]21. The van der Waals surface area contributed by atoms with Crippen molar-refractivity contribution in [2.45, 2.75) is 25.9 Å². The van der Waals surface area contributed by atoms with E-state index in [1.165, 1.54) is 10.9 Å². The van der Waals surface area contributed by atoms with Gasteiger partial charge in [-0.25, -0.2) is 4.98 Å². The molecular weight excluding hydrogens is 385 g/mol. The second kappa shape index (κ2) is 4.85. The number of aromatic nitrogens is 8. The fourth-order valence-corrected chi connectivity index (χ4v) is 4.22. The summed E-state index contributed by atoms with van der Waals surface area (Å²) in [5.74, 6) is -1.32. The third-order valence-electron chi connectivity index (χ3n) is 5.30. The van der Waals surface area contributed by atoms with E-state index in [1.54, 1.807) is 29.5 Å². The first-order valence-corrected chi connectivity index (χ1v) is 8.82. The molecule has 0 bridgehead atoms. The van der Waals surface area contributed by atoms with Gasteiger partial charge in [-0.3, -0.25) is 4.98 Å². The maximum absolute atomic E-state index is 13.5. The molecule has 1 atom stereocenters. The zero-order chi connectivity index (χ0) is 20.1. The van der Waals surface area contributed by atoms with Crippen LogP contribution in [-0.2, 0) is 12.1 Å². The molecule has 2 aliphatic heterocycles. The predicted octanol–water partition coefficient (Wildman–Crippen LogP) is 1.25. The molecule has 0 fully saturated rings. The van der Waals surface area contributed by atoms with Gasteiger partial charge in [0.15, 0.2) is 23.3 Å². The van der Waals surface area contributed by atoms with Crippen LogP contribution in [0.25, 0.3) is 22.8 Å². The van der Waals surface area contributed by atoms with Gasteiger partial charge in [-0.2, -0.15) is 23.4 Å². The molecule has 6 rings (SSSR count). The Morgan fingerprint density at radius 3 is 2.45 bits per heavy atom. The van der Waals surface area contributed by atoms with E-state index in [9.17, 15) is 13.2 Å². The van der Waals surface area contributed by atoms with Gasteiger partial charge in [0.05, 0.1) is 11.9 Å². The third kappa shape index (κ3) is 1.80. The number of fused-ring (bicyclic) bond motifs is 10. The fraction of sp³-hybridized carbons (Fsp3) is 0.222. The lowest BCUT2D eigenvalue weighted by Crippen LogP contribution is -2.77. The first-order chi connectivity index (χ1) is 13.8. The number of alkyl halides is 3. The van der Waals surface area contributed by atoms with Crippen LogP contribution in [0.5, 0.6) is 0 Å². The Kier molecular flexibility index (Phi) is 2.73. The highest BCUT2D eigenvalue weighted by Crippen LogP contribution is 2.39. The molecule has 144 valence electrons. The van der Waals surface area contributed by atoms with Gasteiger partial charge >= 0.3 is 12.1 Å². The van der Waals surface area contributed by atoms with E-state index in [1.807, 2.05) is 29.0 Å². The highest BCUT2D eigenvalue weighted by atomic mass is 19.4. The smallest absolute Gasteiger partial charge is 0.251 e. The standard InChI is InChI=1S/C18H13F3N8/c1-10-5-12-15-8-23-11(2)9-27(15)18(28(12)24-10)26-4-3-22-7-14(26)13-6-16(17(19,20)21)25-29(13)18/h3-9H,1-2H3/q+2. The van der Waals surface area contributed by atoms with Gasteiger partial charge in [0.25, 0.3) is 11.4 Å². The zero-order valence-corrected chi connectivity index (χ0v) is 15.3. The summed E-state index contributed by atoms with van der Waals surface area (Å²) < 4.78 is 47.3. The normalized spacial score (nSPS) is 18.7. The first kappa shape index (κ1) is 16.3. The molecule has 4 aromatic heterocycles. The van der Waals surface area contributed by atoms with Gasteiger partial charge < -0.3 is 0 Å². The van der Waals surface area contributed by atoms with Gasteiger partial charge in [0.1, 0.15) is 18.1 Å². The molecule has 1 spiro atoms. The van der Waals surface area contributed by atoms with E-state index in [-0.39, 0.29) is 0 Å². The van der Waals surface area contributed by atoms with Crippen LogP contribution >= 0.6 is 0 Å². The summed E-state index contributed by atoms with van der Waals surface area (Å²) in [4.78, 5) is 8.50. The summed E-state index contributed by atoms with van der Waals surface area (Å²) in [6, 6.07) is 2.93. The molecule has 0 amide bonds. The quantitative estimate of drug-likeness (QED) is 0.361.